The molecule has 3 rings (SSSR count). The topological polar surface area (TPSA) is 65.5 Å². The SMILES string of the molecule is CC(=O)N(C[C@H]1CCCN1C(=O)Nc1ccncc1)C1CC1. The molecule has 0 bridgehead atoms. The van der Waals surface area contributed by atoms with Gasteiger partial charge in [-0.2, -0.15) is 0 Å². The predicted molar refractivity (Wildman–Crippen MR) is 83.4 cm³/mol. The average Bonchev–Trinajstić information content (AvgIpc) is 3.23. The van der Waals surface area contributed by atoms with Crippen molar-refractivity contribution in [2.75, 3.05) is 18.4 Å². The summed E-state index contributed by atoms with van der Waals surface area (Å²) in [6.45, 7) is 3.02. The zero-order valence-corrected chi connectivity index (χ0v) is 12.9. The summed E-state index contributed by atoms with van der Waals surface area (Å²) in [4.78, 5) is 32.0. The van der Waals surface area contributed by atoms with E-state index < -0.39 is 0 Å². The molecule has 6 heteroatoms. The minimum atomic E-state index is -0.0898. The van der Waals surface area contributed by atoms with Gasteiger partial charge in [-0.05, 0) is 37.8 Å². The number of carbonyl (C=O) groups is 2. The van der Waals surface area contributed by atoms with E-state index in [0.717, 1.165) is 37.9 Å². The second-order valence-corrected chi connectivity index (χ2v) is 6.06. The minimum absolute atomic E-state index is 0.0898. The number of aromatic nitrogens is 1. The summed E-state index contributed by atoms with van der Waals surface area (Å²) in [6.07, 6.45) is 7.44. The second kappa shape index (κ2) is 6.34. The Morgan fingerprint density at radius 1 is 1.32 bits per heavy atom. The quantitative estimate of drug-likeness (QED) is 0.926. The molecule has 1 aliphatic heterocycles. The first-order valence-electron chi connectivity index (χ1n) is 7.90. The van der Waals surface area contributed by atoms with Gasteiger partial charge < -0.3 is 15.1 Å². The van der Waals surface area contributed by atoms with Crippen molar-refractivity contribution in [3.8, 4) is 0 Å². The highest BCUT2D eigenvalue weighted by Crippen LogP contribution is 2.29. The Hall–Kier alpha value is -2.11. The lowest BCUT2D eigenvalue weighted by molar-refractivity contribution is -0.130. The Morgan fingerprint density at radius 2 is 2.05 bits per heavy atom. The molecule has 0 aromatic carbocycles. The molecule has 0 radical (unpaired) electrons. The number of anilines is 1. The van der Waals surface area contributed by atoms with E-state index in [1.807, 2.05) is 9.80 Å². The molecule has 1 aliphatic carbocycles. The maximum absolute atomic E-state index is 12.5. The smallest absolute Gasteiger partial charge is 0.322 e. The van der Waals surface area contributed by atoms with Gasteiger partial charge in [0.05, 0.1) is 6.04 Å². The van der Waals surface area contributed by atoms with Crippen LogP contribution in [0.15, 0.2) is 24.5 Å². The van der Waals surface area contributed by atoms with Crippen LogP contribution in [-0.4, -0.2) is 51.9 Å². The number of nitrogens with zero attached hydrogens (tertiary/aromatic N) is 3. The van der Waals surface area contributed by atoms with Crippen molar-refractivity contribution >= 4 is 17.6 Å². The summed E-state index contributed by atoms with van der Waals surface area (Å²) in [5.41, 5.74) is 0.747. The van der Waals surface area contributed by atoms with Crippen LogP contribution in [0.3, 0.4) is 0 Å². The fourth-order valence-corrected chi connectivity index (χ4v) is 3.07. The summed E-state index contributed by atoms with van der Waals surface area (Å²) >= 11 is 0. The van der Waals surface area contributed by atoms with E-state index in [9.17, 15) is 9.59 Å². The first-order chi connectivity index (χ1) is 10.6. The third-order valence-electron chi connectivity index (χ3n) is 4.37. The number of urea groups is 1. The zero-order chi connectivity index (χ0) is 15.5. The van der Waals surface area contributed by atoms with Gasteiger partial charge >= 0.3 is 6.03 Å². The van der Waals surface area contributed by atoms with Gasteiger partial charge in [0, 0.05) is 44.1 Å². The first kappa shape index (κ1) is 14.8. The van der Waals surface area contributed by atoms with Gasteiger partial charge in [0.25, 0.3) is 0 Å². The van der Waals surface area contributed by atoms with E-state index in [0.29, 0.717) is 12.6 Å². The van der Waals surface area contributed by atoms with E-state index in [1.165, 1.54) is 0 Å². The first-order valence-corrected chi connectivity index (χ1v) is 7.90. The van der Waals surface area contributed by atoms with E-state index in [-0.39, 0.29) is 18.0 Å². The number of likely N-dealkylation sites (tertiary alicyclic amines) is 1. The molecule has 118 valence electrons. The normalized spacial score (nSPS) is 20.8. The molecule has 1 aromatic heterocycles. The van der Waals surface area contributed by atoms with Gasteiger partial charge in [0.1, 0.15) is 0 Å². The molecule has 3 amide bonds. The van der Waals surface area contributed by atoms with Gasteiger partial charge in [-0.15, -0.1) is 0 Å². The Morgan fingerprint density at radius 3 is 2.68 bits per heavy atom. The van der Waals surface area contributed by atoms with Crippen molar-refractivity contribution in [1.29, 1.82) is 0 Å². The number of pyridine rings is 1. The molecule has 1 saturated heterocycles. The van der Waals surface area contributed by atoms with E-state index in [4.69, 9.17) is 0 Å². The van der Waals surface area contributed by atoms with Crippen LogP contribution in [-0.2, 0) is 4.79 Å². The highest BCUT2D eigenvalue weighted by molar-refractivity contribution is 5.89. The number of carbonyl (C=O) groups excluding carboxylic acids is 2. The molecule has 1 aromatic rings. The summed E-state index contributed by atoms with van der Waals surface area (Å²) in [5, 5.41) is 2.90. The summed E-state index contributed by atoms with van der Waals surface area (Å²) < 4.78 is 0. The molecule has 2 aliphatic rings. The number of nitrogens with one attached hydrogen (secondary N) is 1. The van der Waals surface area contributed by atoms with Gasteiger partial charge in [-0.1, -0.05) is 0 Å². The van der Waals surface area contributed by atoms with Crippen molar-refractivity contribution < 1.29 is 9.59 Å². The Balaban J connectivity index is 1.62. The largest absolute Gasteiger partial charge is 0.338 e. The minimum Gasteiger partial charge on any atom is -0.338 e. The second-order valence-electron chi connectivity index (χ2n) is 6.06. The van der Waals surface area contributed by atoms with Crippen LogP contribution in [0, 0.1) is 0 Å². The Bertz CT molecular complexity index is 544. The molecule has 1 saturated carbocycles. The molecule has 0 unspecified atom stereocenters. The molecule has 6 nitrogen and oxygen atoms in total. The molecule has 1 atom stereocenters. The van der Waals surface area contributed by atoms with Gasteiger partial charge in [0.2, 0.25) is 5.91 Å². The van der Waals surface area contributed by atoms with E-state index >= 15 is 0 Å². The lowest BCUT2D eigenvalue weighted by Gasteiger charge is -2.30. The van der Waals surface area contributed by atoms with Crippen molar-refractivity contribution in [3.05, 3.63) is 24.5 Å². The summed E-state index contributed by atoms with van der Waals surface area (Å²) in [7, 11) is 0. The molecular formula is C16H22N4O2. The van der Waals surface area contributed by atoms with Crippen LogP contribution in [0.4, 0.5) is 10.5 Å². The maximum Gasteiger partial charge on any atom is 0.322 e. The Labute approximate surface area is 130 Å². The van der Waals surface area contributed by atoms with Gasteiger partial charge in [-0.25, -0.2) is 4.79 Å². The van der Waals surface area contributed by atoms with E-state index in [2.05, 4.69) is 10.3 Å². The van der Waals surface area contributed by atoms with Crippen LogP contribution < -0.4 is 5.32 Å². The van der Waals surface area contributed by atoms with Crippen LogP contribution in [0.5, 0.6) is 0 Å². The van der Waals surface area contributed by atoms with Crippen molar-refractivity contribution in [2.24, 2.45) is 0 Å². The van der Waals surface area contributed by atoms with Crippen LogP contribution in [0.2, 0.25) is 0 Å². The maximum atomic E-state index is 12.5. The molecule has 1 N–H and O–H groups in total. The molecule has 22 heavy (non-hydrogen) atoms. The monoisotopic (exact) mass is 302 g/mol. The van der Waals surface area contributed by atoms with Crippen LogP contribution in [0.25, 0.3) is 0 Å². The average molecular weight is 302 g/mol. The molecular weight excluding hydrogens is 280 g/mol. The number of hydrogen-bond acceptors (Lipinski definition) is 3. The van der Waals surface area contributed by atoms with Gasteiger partial charge in [-0.3, -0.25) is 9.78 Å². The molecule has 0 spiro atoms. The standard InChI is InChI=1S/C16H22N4O2/c1-12(21)20(14-4-5-14)11-15-3-2-10-19(15)16(22)18-13-6-8-17-9-7-13/h6-9,14-15H,2-5,10-11H2,1H3,(H,17,18,22)/t15-/m1/s1. The summed E-state index contributed by atoms with van der Waals surface area (Å²) in [6, 6.07) is 3.96. The zero-order valence-electron chi connectivity index (χ0n) is 12.9. The lowest BCUT2D eigenvalue weighted by atomic mass is 10.2. The fraction of sp³-hybridized carbons (Fsp3) is 0.562. The Kier molecular flexibility index (Phi) is 4.27. The number of rotatable bonds is 4. The fourth-order valence-electron chi connectivity index (χ4n) is 3.07. The van der Waals surface area contributed by atoms with Crippen LogP contribution in [0.1, 0.15) is 32.6 Å². The number of amides is 3. The van der Waals surface area contributed by atoms with Crippen molar-refractivity contribution in [1.82, 2.24) is 14.8 Å². The van der Waals surface area contributed by atoms with Crippen LogP contribution >= 0.6 is 0 Å². The third kappa shape index (κ3) is 3.37. The molecule has 2 heterocycles. The highest BCUT2D eigenvalue weighted by Gasteiger charge is 2.36. The lowest BCUT2D eigenvalue weighted by Crippen LogP contribution is -2.46. The van der Waals surface area contributed by atoms with Crippen molar-refractivity contribution in [2.45, 2.75) is 44.7 Å². The van der Waals surface area contributed by atoms with Gasteiger partial charge in [0.15, 0.2) is 0 Å². The van der Waals surface area contributed by atoms with Crippen molar-refractivity contribution in [3.63, 3.8) is 0 Å². The third-order valence-corrected chi connectivity index (χ3v) is 4.37. The summed E-state index contributed by atoms with van der Waals surface area (Å²) in [5.74, 6) is 0.115. The number of hydrogen-bond donors (Lipinski definition) is 1. The highest BCUT2D eigenvalue weighted by atomic mass is 16.2. The molecule has 2 fully saturated rings. The van der Waals surface area contributed by atoms with E-state index in [1.54, 1.807) is 31.5 Å². The predicted octanol–water partition coefficient (Wildman–Crippen LogP) is 2.09.